The number of hydrogen-bond donors (Lipinski definition) is 1. The molecular formula is C10H8FN3O. The fourth-order valence-electron chi connectivity index (χ4n) is 1.22. The molecule has 2 N–H and O–H groups in total. The smallest absolute Gasteiger partial charge is 0.295 e. The Balaban J connectivity index is 2.60. The van der Waals surface area contributed by atoms with Gasteiger partial charge in [-0.15, -0.1) is 0 Å². The number of nitrogen functional groups attached to an aromatic ring is 1. The first-order chi connectivity index (χ1) is 7.18. The topological polar surface area (TPSA) is 60.9 Å². The van der Waals surface area contributed by atoms with Crippen LogP contribution in [-0.2, 0) is 0 Å². The van der Waals surface area contributed by atoms with E-state index in [9.17, 15) is 9.18 Å². The zero-order chi connectivity index (χ0) is 10.8. The quantitative estimate of drug-likeness (QED) is 0.754. The molecule has 0 radical (unpaired) electrons. The monoisotopic (exact) mass is 205 g/mol. The average Bonchev–Trinajstić information content (AvgIpc) is 2.23. The molecule has 4 nitrogen and oxygen atoms in total. The Morgan fingerprint density at radius 3 is 2.73 bits per heavy atom. The van der Waals surface area contributed by atoms with Crippen LogP contribution in [0.3, 0.4) is 0 Å². The average molecular weight is 205 g/mol. The van der Waals surface area contributed by atoms with Gasteiger partial charge in [0, 0.05) is 6.20 Å². The van der Waals surface area contributed by atoms with Crippen molar-refractivity contribution >= 4 is 5.69 Å². The Morgan fingerprint density at radius 2 is 2.07 bits per heavy atom. The number of hydrogen-bond acceptors (Lipinski definition) is 3. The lowest BCUT2D eigenvalue weighted by Crippen LogP contribution is -2.14. The van der Waals surface area contributed by atoms with Gasteiger partial charge in [0.2, 0.25) is 0 Å². The van der Waals surface area contributed by atoms with E-state index in [1.54, 1.807) is 18.2 Å². The van der Waals surface area contributed by atoms with Crippen molar-refractivity contribution in [3.05, 3.63) is 53.0 Å². The third-order valence-electron chi connectivity index (χ3n) is 1.96. The van der Waals surface area contributed by atoms with Gasteiger partial charge in [0.25, 0.3) is 5.56 Å². The predicted octanol–water partition coefficient (Wildman–Crippen LogP) is 0.954. The fraction of sp³-hybridized carbons (Fsp3) is 0. The lowest BCUT2D eigenvalue weighted by molar-refractivity contribution is 0.617. The van der Waals surface area contributed by atoms with E-state index in [2.05, 4.69) is 4.98 Å². The standard InChI is InChI=1S/C10H8FN3O/c11-7-3-1-2-4-9(7)14-5-8(12)10(15)13-6-14/h1-6H,12H2. The first-order valence-electron chi connectivity index (χ1n) is 4.27. The fourth-order valence-corrected chi connectivity index (χ4v) is 1.22. The molecule has 0 bridgehead atoms. The summed E-state index contributed by atoms with van der Waals surface area (Å²) in [6.45, 7) is 0. The molecule has 0 aliphatic heterocycles. The van der Waals surface area contributed by atoms with Crippen LogP contribution in [0.4, 0.5) is 10.1 Å². The van der Waals surface area contributed by atoms with Crippen molar-refractivity contribution in [2.24, 2.45) is 0 Å². The highest BCUT2D eigenvalue weighted by Crippen LogP contribution is 2.11. The Kier molecular flexibility index (Phi) is 2.21. The molecule has 2 aromatic rings. The summed E-state index contributed by atoms with van der Waals surface area (Å²) >= 11 is 0. The maximum Gasteiger partial charge on any atom is 0.295 e. The maximum absolute atomic E-state index is 13.3. The summed E-state index contributed by atoms with van der Waals surface area (Å²) in [6.07, 6.45) is 2.57. The number of anilines is 1. The van der Waals surface area contributed by atoms with E-state index in [4.69, 9.17) is 5.73 Å². The van der Waals surface area contributed by atoms with Crippen LogP contribution in [0, 0.1) is 5.82 Å². The molecule has 1 heterocycles. The molecule has 0 amide bonds. The number of nitrogens with two attached hydrogens (primary N) is 1. The summed E-state index contributed by atoms with van der Waals surface area (Å²) in [5, 5.41) is 0. The van der Waals surface area contributed by atoms with Gasteiger partial charge in [-0.3, -0.25) is 4.79 Å². The minimum absolute atomic E-state index is 0.0132. The number of rotatable bonds is 1. The van der Waals surface area contributed by atoms with E-state index in [1.807, 2.05) is 0 Å². The molecule has 1 aromatic carbocycles. The summed E-state index contributed by atoms with van der Waals surface area (Å²) in [5.41, 5.74) is 5.17. The molecule has 0 saturated heterocycles. The number of benzene rings is 1. The van der Waals surface area contributed by atoms with Crippen LogP contribution in [0.15, 0.2) is 41.6 Å². The molecule has 0 saturated carbocycles. The van der Waals surface area contributed by atoms with Gasteiger partial charge < -0.3 is 10.3 Å². The van der Waals surface area contributed by atoms with E-state index >= 15 is 0 Å². The molecule has 2 rings (SSSR count). The van der Waals surface area contributed by atoms with Gasteiger partial charge in [0.15, 0.2) is 0 Å². The third kappa shape index (κ3) is 1.71. The van der Waals surface area contributed by atoms with Crippen LogP contribution < -0.4 is 11.3 Å². The van der Waals surface area contributed by atoms with Gasteiger partial charge in [-0.25, -0.2) is 4.39 Å². The molecule has 0 aliphatic rings. The Hall–Kier alpha value is -2.17. The molecular weight excluding hydrogens is 197 g/mol. The Labute approximate surface area is 84.8 Å². The summed E-state index contributed by atoms with van der Waals surface area (Å²) in [6, 6.07) is 6.16. The van der Waals surface area contributed by atoms with E-state index in [-0.39, 0.29) is 5.69 Å². The Morgan fingerprint density at radius 1 is 1.33 bits per heavy atom. The Bertz CT molecular complexity index is 550. The summed E-state index contributed by atoms with van der Waals surface area (Å²) in [4.78, 5) is 14.5. The normalized spacial score (nSPS) is 10.2. The van der Waals surface area contributed by atoms with E-state index < -0.39 is 11.4 Å². The van der Waals surface area contributed by atoms with Gasteiger partial charge in [-0.2, -0.15) is 4.98 Å². The number of para-hydroxylation sites is 1. The van der Waals surface area contributed by atoms with Crippen LogP contribution in [0.2, 0.25) is 0 Å². The van der Waals surface area contributed by atoms with Crippen molar-refractivity contribution in [1.29, 1.82) is 0 Å². The number of aromatic nitrogens is 2. The van der Waals surface area contributed by atoms with Crippen molar-refractivity contribution < 1.29 is 4.39 Å². The molecule has 0 fully saturated rings. The van der Waals surface area contributed by atoms with Crippen LogP contribution in [0.25, 0.3) is 5.69 Å². The molecule has 0 unspecified atom stereocenters. The molecule has 15 heavy (non-hydrogen) atoms. The van der Waals surface area contributed by atoms with Crippen LogP contribution >= 0.6 is 0 Å². The molecule has 0 atom stereocenters. The molecule has 0 aliphatic carbocycles. The molecule has 76 valence electrons. The minimum Gasteiger partial charge on any atom is -0.393 e. The lowest BCUT2D eigenvalue weighted by Gasteiger charge is -2.06. The van der Waals surface area contributed by atoms with Gasteiger partial charge in [-0.05, 0) is 12.1 Å². The predicted molar refractivity (Wildman–Crippen MR) is 54.2 cm³/mol. The van der Waals surface area contributed by atoms with Crippen molar-refractivity contribution in [2.45, 2.75) is 0 Å². The second kappa shape index (κ2) is 3.53. The highest BCUT2D eigenvalue weighted by Gasteiger charge is 2.03. The molecule has 0 spiro atoms. The molecule has 5 heteroatoms. The van der Waals surface area contributed by atoms with Gasteiger partial charge in [-0.1, -0.05) is 12.1 Å². The second-order valence-corrected chi connectivity index (χ2v) is 2.99. The number of nitrogens with zero attached hydrogens (tertiary/aromatic N) is 2. The number of halogens is 1. The van der Waals surface area contributed by atoms with Crippen molar-refractivity contribution in [1.82, 2.24) is 9.55 Å². The largest absolute Gasteiger partial charge is 0.393 e. The summed E-state index contributed by atoms with van der Waals surface area (Å²) < 4.78 is 14.7. The minimum atomic E-state index is -0.511. The van der Waals surface area contributed by atoms with Gasteiger partial charge in [0.05, 0.1) is 5.69 Å². The highest BCUT2D eigenvalue weighted by atomic mass is 19.1. The van der Waals surface area contributed by atoms with E-state index in [1.165, 1.54) is 23.2 Å². The summed E-state index contributed by atoms with van der Waals surface area (Å²) in [7, 11) is 0. The second-order valence-electron chi connectivity index (χ2n) is 2.99. The SMILES string of the molecule is Nc1cn(-c2ccccc2F)cnc1=O. The van der Waals surface area contributed by atoms with Gasteiger partial charge in [0.1, 0.15) is 17.8 Å². The highest BCUT2D eigenvalue weighted by molar-refractivity contribution is 5.38. The van der Waals surface area contributed by atoms with Crippen molar-refractivity contribution in [3.63, 3.8) is 0 Å². The lowest BCUT2D eigenvalue weighted by atomic mass is 10.3. The zero-order valence-electron chi connectivity index (χ0n) is 7.72. The van der Waals surface area contributed by atoms with E-state index in [0.29, 0.717) is 5.69 Å². The zero-order valence-corrected chi connectivity index (χ0v) is 7.72. The van der Waals surface area contributed by atoms with Gasteiger partial charge >= 0.3 is 0 Å². The van der Waals surface area contributed by atoms with Crippen LogP contribution in [0.5, 0.6) is 0 Å². The van der Waals surface area contributed by atoms with Crippen LogP contribution in [-0.4, -0.2) is 9.55 Å². The van der Waals surface area contributed by atoms with E-state index in [0.717, 1.165) is 0 Å². The maximum atomic E-state index is 13.3. The van der Waals surface area contributed by atoms with Crippen molar-refractivity contribution in [2.75, 3.05) is 5.73 Å². The summed E-state index contributed by atoms with van der Waals surface area (Å²) in [5.74, 6) is -0.401. The molecule has 1 aromatic heterocycles. The first-order valence-corrected chi connectivity index (χ1v) is 4.27. The van der Waals surface area contributed by atoms with Crippen LogP contribution in [0.1, 0.15) is 0 Å². The first kappa shape index (κ1) is 9.39. The third-order valence-corrected chi connectivity index (χ3v) is 1.96. The van der Waals surface area contributed by atoms with Crippen molar-refractivity contribution in [3.8, 4) is 5.69 Å².